The molecule has 10 heteroatoms. The molecule has 44 heavy (non-hydrogen) atoms. The fourth-order valence-electron chi connectivity index (χ4n) is 6.32. The summed E-state index contributed by atoms with van der Waals surface area (Å²) in [6.07, 6.45) is 6.86. The number of methoxy groups -OCH3 is 1. The van der Waals surface area contributed by atoms with E-state index in [4.69, 9.17) is 24.0 Å². The van der Waals surface area contributed by atoms with Crippen LogP contribution in [0.2, 0.25) is 0 Å². The minimum Gasteiger partial charge on any atom is -0.465 e. The van der Waals surface area contributed by atoms with E-state index in [0.717, 1.165) is 64.8 Å². The molecule has 0 saturated carbocycles. The first-order valence-corrected chi connectivity index (χ1v) is 15.0. The average molecular weight is 597 g/mol. The highest BCUT2D eigenvalue weighted by Gasteiger charge is 2.30. The van der Waals surface area contributed by atoms with Crippen molar-refractivity contribution in [3.63, 3.8) is 0 Å². The number of benzene rings is 2. The van der Waals surface area contributed by atoms with E-state index in [-0.39, 0.29) is 29.3 Å². The van der Waals surface area contributed by atoms with Crippen LogP contribution in [0.15, 0.2) is 60.9 Å². The quantitative estimate of drug-likeness (QED) is 0.194. The van der Waals surface area contributed by atoms with Gasteiger partial charge in [0.2, 0.25) is 5.88 Å². The maximum absolute atomic E-state index is 15.0. The van der Waals surface area contributed by atoms with Gasteiger partial charge in [-0.05, 0) is 92.1 Å². The zero-order chi connectivity index (χ0) is 30.2. The lowest BCUT2D eigenvalue weighted by atomic mass is 9.93. The van der Waals surface area contributed by atoms with Crippen molar-refractivity contribution in [2.24, 2.45) is 0 Å². The Morgan fingerprint density at radius 1 is 0.955 bits per heavy atom. The SMILES string of the molecule is COC(=O)c1ccc(Oc2nccc3cc4c(C5CCOCC5)nn(C5CCC(c6ccnc(C)c6)CO5)c4cc23)c(F)c1. The first-order valence-electron chi connectivity index (χ1n) is 15.0. The molecule has 9 nitrogen and oxygen atoms in total. The van der Waals surface area contributed by atoms with Gasteiger partial charge in [0.25, 0.3) is 0 Å². The molecule has 0 aliphatic carbocycles. The number of carbonyl (C=O) groups is 1. The van der Waals surface area contributed by atoms with Gasteiger partial charge in [-0.1, -0.05) is 0 Å². The lowest BCUT2D eigenvalue weighted by Crippen LogP contribution is -2.24. The Hall–Kier alpha value is -4.41. The summed E-state index contributed by atoms with van der Waals surface area (Å²) in [4.78, 5) is 20.6. The second kappa shape index (κ2) is 11.9. The fourth-order valence-corrected chi connectivity index (χ4v) is 6.32. The van der Waals surface area contributed by atoms with Crippen molar-refractivity contribution in [3.8, 4) is 11.6 Å². The number of nitrogens with zero attached hydrogens (tertiary/aromatic N) is 4. The number of hydrogen-bond donors (Lipinski definition) is 0. The van der Waals surface area contributed by atoms with E-state index in [1.165, 1.54) is 24.8 Å². The summed E-state index contributed by atoms with van der Waals surface area (Å²) < 4.78 is 39.8. The average Bonchev–Trinajstić information content (AvgIpc) is 3.43. The highest BCUT2D eigenvalue weighted by molar-refractivity contribution is 6.00. The van der Waals surface area contributed by atoms with Crippen LogP contribution in [0, 0.1) is 12.7 Å². The number of carbonyl (C=O) groups excluding carboxylic acids is 1. The summed E-state index contributed by atoms with van der Waals surface area (Å²) in [7, 11) is 1.25. The number of ether oxygens (including phenoxy) is 4. The zero-order valence-corrected chi connectivity index (χ0v) is 24.7. The van der Waals surface area contributed by atoms with E-state index >= 15 is 0 Å². The van der Waals surface area contributed by atoms with Gasteiger partial charge in [0.15, 0.2) is 17.8 Å². The molecule has 0 spiro atoms. The van der Waals surface area contributed by atoms with E-state index in [9.17, 15) is 9.18 Å². The molecular weight excluding hydrogens is 563 g/mol. The Balaban J connectivity index is 1.26. The minimum atomic E-state index is -0.686. The maximum Gasteiger partial charge on any atom is 0.337 e. The molecule has 0 radical (unpaired) electrons. The first-order chi connectivity index (χ1) is 21.5. The van der Waals surface area contributed by atoms with Crippen LogP contribution in [0.25, 0.3) is 21.7 Å². The monoisotopic (exact) mass is 596 g/mol. The van der Waals surface area contributed by atoms with Gasteiger partial charge in [0.05, 0.1) is 30.5 Å². The normalized spacial score (nSPS) is 19.3. The van der Waals surface area contributed by atoms with E-state index < -0.39 is 11.8 Å². The smallest absolute Gasteiger partial charge is 0.337 e. The van der Waals surface area contributed by atoms with Gasteiger partial charge in [-0.15, -0.1) is 0 Å². The van der Waals surface area contributed by atoms with Crippen molar-refractivity contribution in [1.82, 2.24) is 19.7 Å². The molecule has 7 rings (SSSR count). The summed E-state index contributed by atoms with van der Waals surface area (Å²) >= 11 is 0. The molecule has 2 saturated heterocycles. The molecule has 3 aromatic heterocycles. The van der Waals surface area contributed by atoms with Crippen LogP contribution >= 0.6 is 0 Å². The van der Waals surface area contributed by atoms with Crippen molar-refractivity contribution in [2.75, 3.05) is 26.9 Å². The lowest BCUT2D eigenvalue weighted by molar-refractivity contribution is -0.0471. The second-order valence-corrected chi connectivity index (χ2v) is 11.5. The molecule has 226 valence electrons. The highest BCUT2D eigenvalue weighted by atomic mass is 19.1. The third-order valence-corrected chi connectivity index (χ3v) is 8.67. The highest BCUT2D eigenvalue weighted by Crippen LogP contribution is 2.40. The molecule has 2 atom stereocenters. The molecule has 0 bridgehead atoms. The Morgan fingerprint density at radius 2 is 1.80 bits per heavy atom. The minimum absolute atomic E-state index is 0.0397. The summed E-state index contributed by atoms with van der Waals surface area (Å²) in [5.41, 5.74) is 4.31. The number of pyridine rings is 2. The van der Waals surface area contributed by atoms with E-state index in [1.807, 2.05) is 29.9 Å². The third kappa shape index (κ3) is 5.39. The number of fused-ring (bicyclic) bond motifs is 2. The van der Waals surface area contributed by atoms with Crippen molar-refractivity contribution < 1.29 is 28.1 Å². The van der Waals surface area contributed by atoms with Crippen LogP contribution in [-0.2, 0) is 14.2 Å². The molecule has 2 aromatic carbocycles. The Morgan fingerprint density at radius 3 is 2.55 bits per heavy atom. The third-order valence-electron chi connectivity index (χ3n) is 8.67. The van der Waals surface area contributed by atoms with Crippen LogP contribution in [-0.4, -0.2) is 52.6 Å². The first kappa shape index (κ1) is 28.4. The number of aryl methyl sites for hydroxylation is 1. The molecule has 2 aliphatic rings. The van der Waals surface area contributed by atoms with Crippen LogP contribution in [0.4, 0.5) is 4.39 Å². The molecule has 5 aromatic rings. The summed E-state index contributed by atoms with van der Waals surface area (Å²) in [5, 5.41) is 7.88. The summed E-state index contributed by atoms with van der Waals surface area (Å²) in [6, 6.07) is 14.2. The number of hydrogen-bond acceptors (Lipinski definition) is 8. The zero-order valence-electron chi connectivity index (χ0n) is 24.7. The van der Waals surface area contributed by atoms with Crippen LogP contribution in [0.1, 0.15) is 71.1 Å². The molecule has 2 aliphatic heterocycles. The molecule has 2 unspecified atom stereocenters. The number of halogens is 1. The van der Waals surface area contributed by atoms with Crippen LogP contribution in [0.5, 0.6) is 11.6 Å². The number of esters is 1. The molecule has 0 amide bonds. The van der Waals surface area contributed by atoms with Gasteiger partial charge in [-0.25, -0.2) is 18.9 Å². The van der Waals surface area contributed by atoms with Gasteiger partial charge < -0.3 is 18.9 Å². The molecular formula is C34H33FN4O5. The molecule has 5 heterocycles. The fraction of sp³-hybridized carbons (Fsp3) is 0.353. The summed E-state index contributed by atoms with van der Waals surface area (Å²) in [6.45, 7) is 4.02. The van der Waals surface area contributed by atoms with Crippen molar-refractivity contribution >= 4 is 27.6 Å². The van der Waals surface area contributed by atoms with Gasteiger partial charge in [-0.2, -0.15) is 5.10 Å². The van der Waals surface area contributed by atoms with Gasteiger partial charge in [0, 0.05) is 53.9 Å². The van der Waals surface area contributed by atoms with E-state index in [2.05, 4.69) is 28.2 Å². The Kier molecular flexibility index (Phi) is 7.69. The van der Waals surface area contributed by atoms with Gasteiger partial charge >= 0.3 is 5.97 Å². The second-order valence-electron chi connectivity index (χ2n) is 11.5. The van der Waals surface area contributed by atoms with Crippen molar-refractivity contribution in [2.45, 2.75) is 50.7 Å². The summed E-state index contributed by atoms with van der Waals surface area (Å²) in [5.74, 6) is -0.512. The van der Waals surface area contributed by atoms with Crippen molar-refractivity contribution in [1.29, 1.82) is 0 Å². The number of aromatic nitrogens is 4. The predicted octanol–water partition coefficient (Wildman–Crippen LogP) is 6.99. The number of rotatable bonds is 6. The predicted molar refractivity (Wildman–Crippen MR) is 162 cm³/mol. The van der Waals surface area contributed by atoms with E-state index in [0.29, 0.717) is 25.7 Å². The largest absolute Gasteiger partial charge is 0.465 e. The standard InChI is InChI=1S/C34H33FN4O5/c1-20-15-22(7-11-36-20)25-4-6-31(43-19-25)39-29-18-26-23(16-27(29)32(38-39)21-9-13-42-14-10-21)8-12-37-33(26)44-30-5-3-24(17-28(30)35)34(40)41-2/h3,5,7-8,11-12,15-18,21,25,31H,4,6,9-10,13-14,19H2,1-2H3. The van der Waals surface area contributed by atoms with Crippen LogP contribution < -0.4 is 4.74 Å². The molecule has 2 fully saturated rings. The lowest BCUT2D eigenvalue weighted by Gasteiger charge is -2.30. The Bertz CT molecular complexity index is 1840. The molecule has 0 N–H and O–H groups in total. The maximum atomic E-state index is 15.0. The van der Waals surface area contributed by atoms with Crippen LogP contribution in [0.3, 0.4) is 0 Å². The van der Waals surface area contributed by atoms with E-state index in [1.54, 1.807) is 6.20 Å². The van der Waals surface area contributed by atoms with Gasteiger partial charge in [0.1, 0.15) is 0 Å². The van der Waals surface area contributed by atoms with Gasteiger partial charge in [-0.3, -0.25) is 4.98 Å². The van der Waals surface area contributed by atoms with Crippen molar-refractivity contribution in [3.05, 3.63) is 89.3 Å². The Labute approximate surface area is 253 Å². The topological polar surface area (TPSA) is 97.6 Å².